The van der Waals surface area contributed by atoms with Crippen molar-refractivity contribution >= 4 is 31.9 Å². The molecule has 1 nitrogen and oxygen atoms in total. The van der Waals surface area contributed by atoms with Crippen molar-refractivity contribution in [3.8, 4) is 0 Å². The molecule has 0 spiro atoms. The van der Waals surface area contributed by atoms with E-state index in [9.17, 15) is 4.39 Å². The Labute approximate surface area is 122 Å². The first-order valence-electron chi connectivity index (χ1n) is 5.42. The molecular weight excluding hydrogens is 363 g/mol. The Balaban J connectivity index is 1.92. The molecule has 2 aromatic carbocycles. The van der Waals surface area contributed by atoms with Crippen LogP contribution in [0.15, 0.2) is 51.4 Å². The summed E-state index contributed by atoms with van der Waals surface area (Å²) in [5, 5.41) is 0. The number of benzene rings is 2. The molecule has 0 aliphatic carbocycles. The normalized spacial score (nSPS) is 10.6. The first kappa shape index (κ1) is 13.7. The molecule has 0 atom stereocenters. The van der Waals surface area contributed by atoms with E-state index in [4.69, 9.17) is 4.74 Å². The fourth-order valence-corrected chi connectivity index (χ4v) is 2.16. The molecule has 0 aromatic heterocycles. The van der Waals surface area contributed by atoms with Gasteiger partial charge in [-0.15, -0.1) is 0 Å². The van der Waals surface area contributed by atoms with Crippen molar-refractivity contribution in [1.82, 2.24) is 0 Å². The summed E-state index contributed by atoms with van der Waals surface area (Å²) in [5.41, 5.74) is 1.90. The Morgan fingerprint density at radius 3 is 2.39 bits per heavy atom. The fraction of sp³-hybridized carbons (Fsp3) is 0.143. The molecule has 0 unspecified atom stereocenters. The third-order valence-corrected chi connectivity index (χ3v) is 3.89. The monoisotopic (exact) mass is 372 g/mol. The van der Waals surface area contributed by atoms with E-state index in [1.54, 1.807) is 6.07 Å². The van der Waals surface area contributed by atoms with Crippen LogP contribution in [0, 0.1) is 5.82 Å². The molecule has 0 aliphatic heterocycles. The average Bonchev–Trinajstić information content (AvgIpc) is 2.37. The molecule has 0 saturated carbocycles. The van der Waals surface area contributed by atoms with E-state index < -0.39 is 0 Å². The summed E-state index contributed by atoms with van der Waals surface area (Å²) in [6, 6.07) is 12.9. The van der Waals surface area contributed by atoms with Gasteiger partial charge in [-0.05, 0) is 45.3 Å². The van der Waals surface area contributed by atoms with Gasteiger partial charge in [-0.25, -0.2) is 4.39 Å². The van der Waals surface area contributed by atoms with Crippen molar-refractivity contribution < 1.29 is 9.13 Å². The highest BCUT2D eigenvalue weighted by molar-refractivity contribution is 9.10. The van der Waals surface area contributed by atoms with Gasteiger partial charge < -0.3 is 4.74 Å². The lowest BCUT2D eigenvalue weighted by Gasteiger charge is -2.07. The van der Waals surface area contributed by atoms with Crippen LogP contribution in [-0.2, 0) is 18.0 Å². The van der Waals surface area contributed by atoms with Crippen LogP contribution < -0.4 is 0 Å². The molecule has 18 heavy (non-hydrogen) atoms. The standard InChI is InChI=1S/C14H11Br2FO/c15-12-6-4-10(5-7-12)8-18-9-11-2-1-3-13(17)14(11)16/h1-7H,8-9H2. The Bertz CT molecular complexity index is 526. The molecule has 2 rings (SSSR count). The average molecular weight is 374 g/mol. The Kier molecular flexibility index (Phi) is 4.92. The zero-order chi connectivity index (χ0) is 13.0. The van der Waals surface area contributed by atoms with Gasteiger partial charge in [0.2, 0.25) is 0 Å². The van der Waals surface area contributed by atoms with Crippen molar-refractivity contribution in [3.63, 3.8) is 0 Å². The number of halogens is 3. The van der Waals surface area contributed by atoms with Gasteiger partial charge in [0.1, 0.15) is 5.82 Å². The van der Waals surface area contributed by atoms with Gasteiger partial charge >= 0.3 is 0 Å². The van der Waals surface area contributed by atoms with E-state index in [2.05, 4.69) is 31.9 Å². The van der Waals surface area contributed by atoms with Gasteiger partial charge in [-0.3, -0.25) is 0 Å². The highest BCUT2D eigenvalue weighted by atomic mass is 79.9. The molecule has 0 N–H and O–H groups in total. The van der Waals surface area contributed by atoms with Crippen molar-refractivity contribution in [1.29, 1.82) is 0 Å². The minimum atomic E-state index is -0.264. The van der Waals surface area contributed by atoms with E-state index in [1.165, 1.54) is 6.07 Å². The lowest BCUT2D eigenvalue weighted by Crippen LogP contribution is -1.96. The minimum absolute atomic E-state index is 0.264. The second kappa shape index (κ2) is 6.45. The van der Waals surface area contributed by atoms with E-state index in [0.717, 1.165) is 15.6 Å². The fourth-order valence-electron chi connectivity index (χ4n) is 1.52. The summed E-state index contributed by atoms with van der Waals surface area (Å²) < 4.78 is 20.3. The molecule has 0 aliphatic rings. The molecule has 94 valence electrons. The predicted octanol–water partition coefficient (Wildman–Crippen LogP) is 5.07. The number of hydrogen-bond acceptors (Lipinski definition) is 1. The van der Waals surface area contributed by atoms with E-state index in [1.807, 2.05) is 30.3 Å². The van der Waals surface area contributed by atoms with Crippen molar-refractivity contribution in [3.05, 3.63) is 68.4 Å². The molecule has 0 radical (unpaired) electrons. The van der Waals surface area contributed by atoms with Crippen LogP contribution in [0.5, 0.6) is 0 Å². The van der Waals surface area contributed by atoms with Crippen LogP contribution in [0.4, 0.5) is 4.39 Å². The summed E-state index contributed by atoms with van der Waals surface area (Å²) in [4.78, 5) is 0. The molecule has 0 amide bonds. The van der Waals surface area contributed by atoms with Crippen LogP contribution in [0.3, 0.4) is 0 Å². The summed E-state index contributed by atoms with van der Waals surface area (Å²) in [6.07, 6.45) is 0. The van der Waals surface area contributed by atoms with Gasteiger partial charge in [0, 0.05) is 4.47 Å². The Morgan fingerprint density at radius 2 is 1.67 bits per heavy atom. The van der Waals surface area contributed by atoms with Gasteiger partial charge in [0.15, 0.2) is 0 Å². The smallest absolute Gasteiger partial charge is 0.137 e. The summed E-state index contributed by atoms with van der Waals surface area (Å²) in [7, 11) is 0. The summed E-state index contributed by atoms with van der Waals surface area (Å²) in [5.74, 6) is -0.264. The van der Waals surface area contributed by atoms with Gasteiger partial charge in [0.05, 0.1) is 17.7 Å². The van der Waals surface area contributed by atoms with Crippen LogP contribution in [0.1, 0.15) is 11.1 Å². The van der Waals surface area contributed by atoms with Gasteiger partial charge in [-0.2, -0.15) is 0 Å². The molecule has 0 heterocycles. The molecule has 0 fully saturated rings. The first-order valence-corrected chi connectivity index (χ1v) is 7.00. The maximum atomic E-state index is 13.3. The summed E-state index contributed by atoms with van der Waals surface area (Å²) in [6.45, 7) is 0.893. The quantitative estimate of drug-likeness (QED) is 0.727. The van der Waals surface area contributed by atoms with Crippen molar-refractivity contribution in [2.75, 3.05) is 0 Å². The molecule has 2 aromatic rings. The molecule has 4 heteroatoms. The third kappa shape index (κ3) is 3.64. The van der Waals surface area contributed by atoms with Crippen LogP contribution in [0.2, 0.25) is 0 Å². The minimum Gasteiger partial charge on any atom is -0.372 e. The third-order valence-electron chi connectivity index (χ3n) is 2.47. The second-order valence-corrected chi connectivity index (χ2v) is 5.54. The topological polar surface area (TPSA) is 9.23 Å². The number of hydrogen-bond donors (Lipinski definition) is 0. The summed E-state index contributed by atoms with van der Waals surface area (Å²) >= 11 is 6.59. The number of rotatable bonds is 4. The molecule has 0 saturated heterocycles. The van der Waals surface area contributed by atoms with E-state index in [-0.39, 0.29) is 5.82 Å². The molecular formula is C14H11Br2FO. The van der Waals surface area contributed by atoms with E-state index in [0.29, 0.717) is 17.7 Å². The Hall–Kier alpha value is -0.710. The van der Waals surface area contributed by atoms with Gasteiger partial charge in [-0.1, -0.05) is 40.2 Å². The van der Waals surface area contributed by atoms with Gasteiger partial charge in [0.25, 0.3) is 0 Å². The van der Waals surface area contributed by atoms with Crippen LogP contribution >= 0.6 is 31.9 Å². The van der Waals surface area contributed by atoms with Crippen LogP contribution in [-0.4, -0.2) is 0 Å². The zero-order valence-corrected chi connectivity index (χ0v) is 12.7. The highest BCUT2D eigenvalue weighted by Crippen LogP contribution is 2.21. The lowest BCUT2D eigenvalue weighted by molar-refractivity contribution is 0.106. The SMILES string of the molecule is Fc1cccc(COCc2ccc(Br)cc2)c1Br. The maximum Gasteiger partial charge on any atom is 0.137 e. The van der Waals surface area contributed by atoms with Crippen LogP contribution in [0.25, 0.3) is 0 Å². The molecule has 0 bridgehead atoms. The highest BCUT2D eigenvalue weighted by Gasteiger charge is 2.04. The Morgan fingerprint density at radius 1 is 0.944 bits per heavy atom. The van der Waals surface area contributed by atoms with Crippen molar-refractivity contribution in [2.24, 2.45) is 0 Å². The van der Waals surface area contributed by atoms with Crippen molar-refractivity contribution in [2.45, 2.75) is 13.2 Å². The first-order chi connectivity index (χ1) is 8.66. The van der Waals surface area contributed by atoms with E-state index >= 15 is 0 Å². The lowest BCUT2D eigenvalue weighted by atomic mass is 10.2. The predicted molar refractivity (Wildman–Crippen MR) is 76.7 cm³/mol. The number of ether oxygens (including phenoxy) is 1. The second-order valence-electron chi connectivity index (χ2n) is 3.83. The zero-order valence-electron chi connectivity index (χ0n) is 9.50. The maximum absolute atomic E-state index is 13.3. The largest absolute Gasteiger partial charge is 0.372 e.